The molecule has 1 aromatic rings. The molecule has 2 bridgehead atoms. The highest BCUT2D eigenvalue weighted by Gasteiger charge is 2.47. The number of carbonyl (C=O) groups excluding carboxylic acids is 2. The van der Waals surface area contributed by atoms with Crippen molar-refractivity contribution in [3.05, 3.63) is 35.9 Å². The van der Waals surface area contributed by atoms with Crippen molar-refractivity contribution < 1.29 is 19.5 Å². The standard InChI is InChI=1S/C20H26N2O4/c23-17(11-6-14-4-2-1-3-5-14)22-16-9-7-15(8-10-16)19(22)20(26)21-13-12-18(24)25/h1-5,15-16,19H,6-13H2,(H,21,26)(H,24,25)/t15?,16?,19-/m0/s1. The SMILES string of the molecule is O=C(O)CCNC(=O)[C@@H]1C2CCC(CC2)N1C(=O)CCc1ccccc1. The Morgan fingerprint density at radius 1 is 1.04 bits per heavy atom. The van der Waals surface area contributed by atoms with Gasteiger partial charge in [0.25, 0.3) is 0 Å². The van der Waals surface area contributed by atoms with Crippen LogP contribution in [-0.2, 0) is 20.8 Å². The normalized spacial score (nSPS) is 24.3. The van der Waals surface area contributed by atoms with Crippen molar-refractivity contribution in [3.8, 4) is 0 Å². The predicted octanol–water partition coefficient (Wildman–Crippen LogP) is 1.98. The summed E-state index contributed by atoms with van der Waals surface area (Å²) in [6.07, 6.45) is 4.80. The summed E-state index contributed by atoms with van der Waals surface area (Å²) in [5.74, 6) is -0.924. The first-order valence-electron chi connectivity index (χ1n) is 9.41. The van der Waals surface area contributed by atoms with Crippen LogP contribution in [0.15, 0.2) is 30.3 Å². The maximum Gasteiger partial charge on any atom is 0.305 e. The number of piperidine rings is 2. The van der Waals surface area contributed by atoms with E-state index in [4.69, 9.17) is 5.11 Å². The average Bonchev–Trinajstić information content (AvgIpc) is 2.66. The summed E-state index contributed by atoms with van der Waals surface area (Å²) in [4.78, 5) is 38.0. The molecule has 2 saturated heterocycles. The lowest BCUT2D eigenvalue weighted by Gasteiger charge is -2.50. The molecular weight excluding hydrogens is 332 g/mol. The van der Waals surface area contributed by atoms with Gasteiger partial charge < -0.3 is 15.3 Å². The van der Waals surface area contributed by atoms with E-state index in [1.165, 1.54) is 0 Å². The van der Waals surface area contributed by atoms with Crippen LogP contribution in [-0.4, -0.2) is 46.4 Å². The first-order chi connectivity index (χ1) is 12.6. The highest BCUT2D eigenvalue weighted by Crippen LogP contribution is 2.40. The molecule has 0 aromatic heterocycles. The van der Waals surface area contributed by atoms with Crippen LogP contribution in [0.2, 0.25) is 0 Å². The first-order valence-corrected chi connectivity index (χ1v) is 9.41. The molecular formula is C20H26N2O4. The quantitative estimate of drug-likeness (QED) is 0.780. The van der Waals surface area contributed by atoms with Gasteiger partial charge in [-0.05, 0) is 43.6 Å². The molecule has 3 fully saturated rings. The fraction of sp³-hybridized carbons (Fsp3) is 0.550. The third kappa shape index (κ3) is 4.23. The second-order valence-electron chi connectivity index (χ2n) is 7.23. The Bertz CT molecular complexity index is 653. The lowest BCUT2D eigenvalue weighted by molar-refractivity contribution is -0.153. The number of hydrogen-bond acceptors (Lipinski definition) is 3. The zero-order valence-electron chi connectivity index (χ0n) is 14.9. The Morgan fingerprint density at radius 3 is 2.38 bits per heavy atom. The van der Waals surface area contributed by atoms with E-state index < -0.39 is 12.0 Å². The number of fused-ring (bicyclic) bond motifs is 3. The zero-order valence-corrected chi connectivity index (χ0v) is 14.9. The monoisotopic (exact) mass is 358 g/mol. The van der Waals surface area contributed by atoms with Crippen LogP contribution < -0.4 is 5.32 Å². The van der Waals surface area contributed by atoms with E-state index in [0.717, 1.165) is 31.2 Å². The number of hydrogen-bond donors (Lipinski definition) is 2. The predicted molar refractivity (Wildman–Crippen MR) is 96.4 cm³/mol. The van der Waals surface area contributed by atoms with E-state index in [1.807, 2.05) is 30.3 Å². The van der Waals surface area contributed by atoms with Gasteiger partial charge >= 0.3 is 5.97 Å². The highest BCUT2D eigenvalue weighted by molar-refractivity contribution is 5.89. The molecule has 1 aromatic carbocycles. The Kier molecular flexibility index (Phi) is 5.91. The summed E-state index contributed by atoms with van der Waals surface area (Å²) in [6, 6.07) is 9.57. The van der Waals surface area contributed by atoms with E-state index in [1.54, 1.807) is 4.90 Å². The van der Waals surface area contributed by atoms with Crippen molar-refractivity contribution in [2.24, 2.45) is 5.92 Å². The molecule has 2 amide bonds. The van der Waals surface area contributed by atoms with Gasteiger partial charge in [-0.3, -0.25) is 14.4 Å². The minimum Gasteiger partial charge on any atom is -0.481 e. The number of rotatable bonds is 7. The third-order valence-corrected chi connectivity index (χ3v) is 5.55. The number of benzene rings is 1. The molecule has 26 heavy (non-hydrogen) atoms. The minimum absolute atomic E-state index is 0.0293. The summed E-state index contributed by atoms with van der Waals surface area (Å²) in [5.41, 5.74) is 1.12. The van der Waals surface area contributed by atoms with Crippen LogP contribution >= 0.6 is 0 Å². The number of carboxylic acids is 1. The number of aliphatic carboxylic acids is 1. The summed E-state index contributed by atoms with van der Waals surface area (Å²) in [7, 11) is 0. The number of aryl methyl sites for hydroxylation is 1. The van der Waals surface area contributed by atoms with Crippen molar-refractivity contribution in [1.29, 1.82) is 0 Å². The number of nitrogens with one attached hydrogen (secondary N) is 1. The number of carboxylic acid groups (broad SMARTS) is 1. The van der Waals surface area contributed by atoms with Crippen molar-refractivity contribution in [3.63, 3.8) is 0 Å². The van der Waals surface area contributed by atoms with Crippen LogP contribution in [0.1, 0.15) is 44.1 Å². The Morgan fingerprint density at radius 2 is 1.73 bits per heavy atom. The molecule has 140 valence electrons. The second-order valence-corrected chi connectivity index (χ2v) is 7.23. The highest BCUT2D eigenvalue weighted by atomic mass is 16.4. The minimum atomic E-state index is -0.939. The molecule has 2 aliphatic heterocycles. The van der Waals surface area contributed by atoms with Gasteiger partial charge in [-0.1, -0.05) is 30.3 Å². The van der Waals surface area contributed by atoms with Gasteiger partial charge in [0.05, 0.1) is 6.42 Å². The van der Waals surface area contributed by atoms with Crippen molar-refractivity contribution in [1.82, 2.24) is 10.2 Å². The maximum absolute atomic E-state index is 12.9. The van der Waals surface area contributed by atoms with Crippen LogP contribution in [0.25, 0.3) is 0 Å². The first kappa shape index (κ1) is 18.4. The van der Waals surface area contributed by atoms with Crippen LogP contribution in [0.3, 0.4) is 0 Å². The van der Waals surface area contributed by atoms with Gasteiger partial charge in [0.1, 0.15) is 6.04 Å². The van der Waals surface area contributed by atoms with Crippen LogP contribution in [0.4, 0.5) is 0 Å². The van der Waals surface area contributed by atoms with Crippen molar-refractivity contribution >= 4 is 17.8 Å². The molecule has 0 radical (unpaired) electrons. The summed E-state index contributed by atoms with van der Waals surface area (Å²) in [6.45, 7) is 0.105. The van der Waals surface area contributed by atoms with Gasteiger partial charge in [-0.25, -0.2) is 0 Å². The Labute approximate surface area is 153 Å². The molecule has 3 aliphatic rings. The van der Waals surface area contributed by atoms with Crippen molar-refractivity contribution in [2.75, 3.05) is 6.54 Å². The number of nitrogens with zero attached hydrogens (tertiary/aromatic N) is 1. The molecule has 0 unspecified atom stereocenters. The number of carbonyl (C=O) groups is 3. The van der Waals surface area contributed by atoms with E-state index in [0.29, 0.717) is 12.8 Å². The molecule has 4 rings (SSSR count). The lowest BCUT2D eigenvalue weighted by Crippen LogP contribution is -2.62. The van der Waals surface area contributed by atoms with Gasteiger partial charge in [-0.2, -0.15) is 0 Å². The summed E-state index contributed by atoms with van der Waals surface area (Å²) >= 11 is 0. The smallest absolute Gasteiger partial charge is 0.305 e. The molecule has 6 heteroatoms. The largest absolute Gasteiger partial charge is 0.481 e. The summed E-state index contributed by atoms with van der Waals surface area (Å²) in [5, 5.41) is 11.5. The molecule has 1 aliphatic carbocycles. The van der Waals surface area contributed by atoms with Gasteiger partial charge in [0.15, 0.2) is 0 Å². The molecule has 0 spiro atoms. The average molecular weight is 358 g/mol. The molecule has 2 N–H and O–H groups in total. The molecule has 6 nitrogen and oxygen atoms in total. The summed E-state index contributed by atoms with van der Waals surface area (Å²) < 4.78 is 0. The van der Waals surface area contributed by atoms with Gasteiger partial charge in [0.2, 0.25) is 11.8 Å². The van der Waals surface area contributed by atoms with Crippen LogP contribution in [0.5, 0.6) is 0 Å². The second kappa shape index (κ2) is 8.34. The van der Waals surface area contributed by atoms with Crippen LogP contribution in [0, 0.1) is 5.92 Å². The molecule has 2 heterocycles. The van der Waals surface area contributed by atoms with Gasteiger partial charge in [0, 0.05) is 19.0 Å². The fourth-order valence-corrected chi connectivity index (χ4v) is 4.27. The van der Waals surface area contributed by atoms with E-state index >= 15 is 0 Å². The van der Waals surface area contributed by atoms with Crippen molar-refractivity contribution in [2.45, 2.75) is 57.0 Å². The Balaban J connectivity index is 1.64. The van der Waals surface area contributed by atoms with Gasteiger partial charge in [-0.15, -0.1) is 0 Å². The zero-order chi connectivity index (χ0) is 18.5. The van der Waals surface area contributed by atoms with E-state index in [2.05, 4.69) is 5.32 Å². The maximum atomic E-state index is 12.9. The topological polar surface area (TPSA) is 86.7 Å². The molecule has 1 atom stereocenters. The Hall–Kier alpha value is -2.37. The van der Waals surface area contributed by atoms with E-state index in [9.17, 15) is 14.4 Å². The molecule has 1 saturated carbocycles. The number of amides is 2. The lowest BCUT2D eigenvalue weighted by atomic mass is 9.74. The van der Waals surface area contributed by atoms with E-state index in [-0.39, 0.29) is 36.7 Å². The third-order valence-electron chi connectivity index (χ3n) is 5.55. The fourth-order valence-electron chi connectivity index (χ4n) is 4.27.